The van der Waals surface area contributed by atoms with Crippen LogP contribution >= 0.6 is 0 Å². The first-order valence-corrected chi connectivity index (χ1v) is 8.29. The molecule has 0 spiro atoms. The number of nitrogens with one attached hydrogen (secondary N) is 1. The Morgan fingerprint density at radius 2 is 2.04 bits per heavy atom. The molecule has 1 aliphatic carbocycles. The molecule has 1 fully saturated rings. The Kier molecular flexibility index (Phi) is 7.72. The highest BCUT2D eigenvalue weighted by Gasteiger charge is 2.50. The highest BCUT2D eigenvalue weighted by molar-refractivity contribution is 5.82. The summed E-state index contributed by atoms with van der Waals surface area (Å²) in [6.45, 7) is 4.76. The number of allylic oxidation sites excluding steroid dienone is 1. The summed E-state index contributed by atoms with van der Waals surface area (Å²) < 4.78 is 0. The van der Waals surface area contributed by atoms with Crippen molar-refractivity contribution in [1.29, 1.82) is 0 Å². The van der Waals surface area contributed by atoms with Gasteiger partial charge in [-0.15, -0.1) is 0 Å². The summed E-state index contributed by atoms with van der Waals surface area (Å²) in [6.07, 6.45) is 6.91. The predicted molar refractivity (Wildman–Crippen MR) is 88.8 cm³/mol. The van der Waals surface area contributed by atoms with Crippen molar-refractivity contribution in [2.24, 2.45) is 11.3 Å². The van der Waals surface area contributed by atoms with Crippen LogP contribution in [0.15, 0.2) is 12.2 Å². The summed E-state index contributed by atoms with van der Waals surface area (Å²) in [7, 11) is 1.89. The van der Waals surface area contributed by atoms with Crippen molar-refractivity contribution >= 4 is 11.9 Å². The molecule has 0 aromatic rings. The zero-order valence-corrected chi connectivity index (χ0v) is 14.4. The van der Waals surface area contributed by atoms with Crippen molar-refractivity contribution in [3.63, 3.8) is 0 Å². The largest absolute Gasteiger partial charge is 0.478 e. The normalized spacial score (nSPS) is 20.7. The number of amides is 1. The molecule has 0 aromatic heterocycles. The first-order valence-electron chi connectivity index (χ1n) is 8.29. The number of rotatable bonds is 11. The van der Waals surface area contributed by atoms with Crippen molar-refractivity contribution in [1.82, 2.24) is 10.2 Å². The molecule has 23 heavy (non-hydrogen) atoms. The summed E-state index contributed by atoms with van der Waals surface area (Å²) in [5.74, 6) is -0.744. The van der Waals surface area contributed by atoms with Gasteiger partial charge in [-0.1, -0.05) is 19.9 Å². The lowest BCUT2D eigenvalue weighted by Gasteiger charge is -2.28. The lowest BCUT2D eigenvalue weighted by atomic mass is 10.1. The molecule has 0 radical (unpaired) electrons. The van der Waals surface area contributed by atoms with Gasteiger partial charge in [0.05, 0.1) is 12.8 Å². The van der Waals surface area contributed by atoms with Crippen LogP contribution in [-0.4, -0.2) is 53.4 Å². The van der Waals surface area contributed by atoms with E-state index in [-0.39, 0.29) is 30.0 Å². The topological polar surface area (TPSA) is 89.9 Å². The van der Waals surface area contributed by atoms with E-state index >= 15 is 0 Å². The highest BCUT2D eigenvalue weighted by atomic mass is 16.4. The maximum atomic E-state index is 12.3. The lowest BCUT2D eigenvalue weighted by molar-refractivity contribution is -0.131. The zero-order valence-electron chi connectivity index (χ0n) is 14.4. The number of nitrogens with zero attached hydrogens (tertiary/aromatic N) is 1. The molecule has 1 aliphatic rings. The minimum absolute atomic E-state index is 0.0547. The Bertz CT molecular complexity index is 434. The quantitative estimate of drug-likeness (QED) is 0.305. The average molecular weight is 326 g/mol. The van der Waals surface area contributed by atoms with Crippen LogP contribution in [0.4, 0.5) is 0 Å². The van der Waals surface area contributed by atoms with Crippen molar-refractivity contribution in [3.05, 3.63) is 12.2 Å². The second kappa shape index (κ2) is 9.03. The minimum Gasteiger partial charge on any atom is -0.478 e. The molecule has 0 saturated heterocycles. The van der Waals surface area contributed by atoms with Gasteiger partial charge in [-0.3, -0.25) is 9.69 Å². The molecular formula is C17H30N2O4. The Balaban J connectivity index is 2.40. The fourth-order valence-corrected chi connectivity index (χ4v) is 2.68. The lowest BCUT2D eigenvalue weighted by Crippen LogP contribution is -2.48. The predicted octanol–water partition coefficient (Wildman–Crippen LogP) is 1.60. The molecule has 132 valence electrons. The van der Waals surface area contributed by atoms with Crippen molar-refractivity contribution in [2.75, 3.05) is 20.2 Å². The standard InChI is InChI=1S/C17H30N2O4/c1-17(2)12-13(17)16(23)18-14(19(3)10-11-20)8-6-4-5-7-9-15(21)22/h7,9,13-14,20H,4-6,8,10-12H2,1-3H3,(H,18,23)(H,21,22). The fourth-order valence-electron chi connectivity index (χ4n) is 2.68. The van der Waals surface area contributed by atoms with Gasteiger partial charge >= 0.3 is 5.97 Å². The van der Waals surface area contributed by atoms with Crippen molar-refractivity contribution in [2.45, 2.75) is 52.1 Å². The van der Waals surface area contributed by atoms with Gasteiger partial charge in [0.25, 0.3) is 0 Å². The second-order valence-electron chi connectivity index (χ2n) is 7.00. The van der Waals surface area contributed by atoms with Gasteiger partial charge in [-0.25, -0.2) is 4.79 Å². The third kappa shape index (κ3) is 7.14. The molecular weight excluding hydrogens is 296 g/mol. The molecule has 2 atom stereocenters. The van der Waals surface area contributed by atoms with E-state index in [4.69, 9.17) is 10.2 Å². The summed E-state index contributed by atoms with van der Waals surface area (Å²) in [5, 5.41) is 20.7. The molecule has 0 aromatic carbocycles. The number of unbranched alkanes of at least 4 members (excludes halogenated alkanes) is 2. The number of hydrogen-bond donors (Lipinski definition) is 3. The third-order valence-corrected chi connectivity index (χ3v) is 4.48. The molecule has 0 aliphatic heterocycles. The number of carboxylic acid groups (broad SMARTS) is 1. The maximum Gasteiger partial charge on any atom is 0.327 e. The number of hydrogen-bond acceptors (Lipinski definition) is 4. The van der Waals surface area contributed by atoms with Gasteiger partial charge in [0.2, 0.25) is 5.91 Å². The van der Waals surface area contributed by atoms with Crippen LogP contribution in [0, 0.1) is 11.3 Å². The molecule has 1 rings (SSSR count). The van der Waals surface area contributed by atoms with Gasteiger partial charge in [0.1, 0.15) is 0 Å². The number of carboxylic acids is 1. The SMILES string of the molecule is CN(CCO)C(CCCCC=CC(=O)O)NC(=O)C1CC1(C)C. The van der Waals surface area contributed by atoms with Gasteiger partial charge in [-0.2, -0.15) is 0 Å². The van der Waals surface area contributed by atoms with E-state index in [0.29, 0.717) is 13.0 Å². The number of aliphatic hydroxyl groups is 1. The van der Waals surface area contributed by atoms with E-state index in [1.807, 2.05) is 11.9 Å². The number of aliphatic carboxylic acids is 1. The number of aliphatic hydroxyl groups excluding tert-OH is 1. The van der Waals surface area contributed by atoms with E-state index in [0.717, 1.165) is 31.8 Å². The van der Waals surface area contributed by atoms with Crippen LogP contribution in [0.3, 0.4) is 0 Å². The van der Waals surface area contributed by atoms with Crippen LogP contribution in [0.25, 0.3) is 0 Å². The average Bonchev–Trinajstić information content (AvgIpc) is 3.10. The number of likely N-dealkylation sites (N-methyl/N-ethyl adjacent to an activating group) is 1. The Hall–Kier alpha value is -1.40. The van der Waals surface area contributed by atoms with Gasteiger partial charge in [0.15, 0.2) is 0 Å². The van der Waals surface area contributed by atoms with E-state index in [9.17, 15) is 9.59 Å². The van der Waals surface area contributed by atoms with Crippen molar-refractivity contribution < 1.29 is 19.8 Å². The van der Waals surface area contributed by atoms with Gasteiger partial charge in [0, 0.05) is 18.5 Å². The Morgan fingerprint density at radius 3 is 2.57 bits per heavy atom. The third-order valence-electron chi connectivity index (χ3n) is 4.48. The summed E-state index contributed by atoms with van der Waals surface area (Å²) in [4.78, 5) is 24.6. The van der Waals surface area contributed by atoms with Crippen LogP contribution in [0.1, 0.15) is 46.0 Å². The van der Waals surface area contributed by atoms with E-state index in [2.05, 4.69) is 19.2 Å². The summed E-state index contributed by atoms with van der Waals surface area (Å²) >= 11 is 0. The number of carbonyl (C=O) groups is 2. The maximum absolute atomic E-state index is 12.3. The van der Waals surface area contributed by atoms with E-state index in [1.54, 1.807) is 6.08 Å². The fraction of sp³-hybridized carbons (Fsp3) is 0.765. The number of carbonyl (C=O) groups excluding carboxylic acids is 1. The molecule has 6 nitrogen and oxygen atoms in total. The van der Waals surface area contributed by atoms with Gasteiger partial charge in [-0.05, 0) is 44.6 Å². The van der Waals surface area contributed by atoms with Gasteiger partial charge < -0.3 is 15.5 Å². The molecule has 3 N–H and O–H groups in total. The molecule has 2 unspecified atom stereocenters. The van der Waals surface area contributed by atoms with Crippen LogP contribution in [0.2, 0.25) is 0 Å². The first-order chi connectivity index (χ1) is 10.8. The van der Waals surface area contributed by atoms with Crippen LogP contribution in [-0.2, 0) is 9.59 Å². The minimum atomic E-state index is -0.926. The first kappa shape index (κ1) is 19.6. The monoisotopic (exact) mass is 326 g/mol. The highest BCUT2D eigenvalue weighted by Crippen LogP contribution is 2.51. The smallest absolute Gasteiger partial charge is 0.327 e. The summed E-state index contributed by atoms with van der Waals surface area (Å²) in [5.41, 5.74) is 0.103. The van der Waals surface area contributed by atoms with E-state index < -0.39 is 5.97 Å². The molecule has 0 heterocycles. The molecule has 0 bridgehead atoms. The molecule has 1 amide bonds. The zero-order chi connectivity index (χ0) is 17.5. The second-order valence-corrected chi connectivity index (χ2v) is 7.00. The molecule has 6 heteroatoms. The van der Waals surface area contributed by atoms with Crippen LogP contribution in [0.5, 0.6) is 0 Å². The summed E-state index contributed by atoms with van der Waals surface area (Å²) in [6, 6.07) is 0. The Morgan fingerprint density at radius 1 is 1.39 bits per heavy atom. The Labute approximate surface area is 138 Å². The van der Waals surface area contributed by atoms with Crippen molar-refractivity contribution in [3.8, 4) is 0 Å². The van der Waals surface area contributed by atoms with Crippen LogP contribution < -0.4 is 5.32 Å². The van der Waals surface area contributed by atoms with E-state index in [1.165, 1.54) is 0 Å². The molecule has 1 saturated carbocycles.